The number of rotatable bonds is 6. The zero-order chi connectivity index (χ0) is 29.0. The van der Waals surface area contributed by atoms with E-state index in [4.69, 9.17) is 16.3 Å². The summed E-state index contributed by atoms with van der Waals surface area (Å²) in [6, 6.07) is 8.12. The highest BCUT2D eigenvalue weighted by Crippen LogP contribution is 2.40. The molecule has 5 heterocycles. The number of pyridine rings is 1. The second kappa shape index (κ2) is 10.7. The van der Waals surface area contributed by atoms with Crippen molar-refractivity contribution in [3.8, 4) is 17.3 Å². The number of ether oxygens (including phenoxy) is 1. The van der Waals surface area contributed by atoms with Crippen molar-refractivity contribution in [3.05, 3.63) is 53.2 Å². The summed E-state index contributed by atoms with van der Waals surface area (Å²) in [6.45, 7) is 3.26. The van der Waals surface area contributed by atoms with Crippen LogP contribution in [0.3, 0.4) is 0 Å². The van der Waals surface area contributed by atoms with Crippen LogP contribution in [-0.2, 0) is 0 Å². The first kappa shape index (κ1) is 27.5. The van der Waals surface area contributed by atoms with E-state index in [1.54, 1.807) is 42.1 Å². The molecule has 218 valence electrons. The van der Waals surface area contributed by atoms with Gasteiger partial charge in [0.05, 0.1) is 29.7 Å². The zero-order valence-electron chi connectivity index (χ0n) is 23.2. The quantitative estimate of drug-likeness (QED) is 0.228. The van der Waals surface area contributed by atoms with Gasteiger partial charge in [-0.2, -0.15) is 4.98 Å². The SMILES string of the molecule is C/[N+](=C\C1CNC[C@H]1F)c1nc(OCC23CCCN2CCC3)nc2c(F)c(-c3cccc4ccc(F)c(Cl)c34)ncc12. The molecule has 2 aromatic heterocycles. The first-order valence-corrected chi connectivity index (χ1v) is 14.8. The third-order valence-electron chi connectivity index (χ3n) is 9.05. The molecule has 3 aliphatic rings. The van der Waals surface area contributed by atoms with E-state index < -0.39 is 17.8 Å². The molecule has 0 aliphatic carbocycles. The molecular weight excluding hydrogens is 565 g/mol. The maximum Gasteiger partial charge on any atom is 0.434 e. The fraction of sp³-hybridized carbons (Fsp3) is 0.419. The molecule has 2 aromatic carbocycles. The van der Waals surface area contributed by atoms with Crippen LogP contribution < -0.4 is 10.1 Å². The average molecular weight is 596 g/mol. The Morgan fingerprint density at radius 1 is 1.14 bits per heavy atom. The van der Waals surface area contributed by atoms with Gasteiger partial charge in [0, 0.05) is 35.2 Å². The summed E-state index contributed by atoms with van der Waals surface area (Å²) in [5, 5.41) is 4.32. The summed E-state index contributed by atoms with van der Waals surface area (Å²) >= 11 is 6.36. The first-order valence-electron chi connectivity index (χ1n) is 14.4. The van der Waals surface area contributed by atoms with E-state index in [9.17, 15) is 8.78 Å². The molecule has 2 atom stereocenters. The van der Waals surface area contributed by atoms with Crippen molar-refractivity contribution in [1.29, 1.82) is 0 Å². The Balaban J connectivity index is 1.37. The third kappa shape index (κ3) is 4.60. The minimum atomic E-state index is -1.04. The third-order valence-corrected chi connectivity index (χ3v) is 9.42. The highest BCUT2D eigenvalue weighted by atomic mass is 35.5. The number of nitrogens with one attached hydrogen (secondary N) is 1. The van der Waals surface area contributed by atoms with Crippen LogP contribution in [0.2, 0.25) is 5.02 Å². The topological polar surface area (TPSA) is 66.2 Å². The number of hydrogen-bond donors (Lipinski definition) is 1. The number of halogens is 4. The monoisotopic (exact) mass is 595 g/mol. The zero-order valence-corrected chi connectivity index (χ0v) is 24.0. The standard InChI is InChI=1S/C31H31ClF3N6O/c1-40(16-19-13-36-15-23(19)34)29-21-14-37-27(20-6-2-5-18-7-8-22(33)25(32)24(18)20)26(35)28(21)38-30(39-29)42-17-31-9-3-11-41(31)12-4-10-31/h2,5-8,14,16,19,23,36H,3-4,9-13,15,17H2,1H3/q+1/b40-16+/t19?,23-/m1/s1. The Morgan fingerprint density at radius 3 is 2.71 bits per heavy atom. The van der Waals surface area contributed by atoms with Crippen molar-refractivity contribution in [2.45, 2.75) is 37.4 Å². The lowest BCUT2D eigenvalue weighted by Gasteiger charge is -2.30. The normalized spacial score (nSPS) is 22.4. The molecule has 7 rings (SSSR count). The minimum Gasteiger partial charge on any atom is -0.443 e. The molecule has 0 saturated carbocycles. The van der Waals surface area contributed by atoms with Crippen molar-refractivity contribution >= 4 is 45.3 Å². The van der Waals surface area contributed by atoms with Crippen molar-refractivity contribution in [3.63, 3.8) is 0 Å². The average Bonchev–Trinajstić information content (AvgIpc) is 3.70. The summed E-state index contributed by atoms with van der Waals surface area (Å²) in [4.78, 5) is 16.1. The lowest BCUT2D eigenvalue weighted by atomic mass is 9.95. The van der Waals surface area contributed by atoms with E-state index in [2.05, 4.69) is 25.2 Å². The number of fused-ring (bicyclic) bond motifs is 3. The molecule has 4 aromatic rings. The molecule has 3 aliphatic heterocycles. The predicted molar refractivity (Wildman–Crippen MR) is 157 cm³/mol. The smallest absolute Gasteiger partial charge is 0.434 e. The van der Waals surface area contributed by atoms with Gasteiger partial charge in [0.15, 0.2) is 5.82 Å². The molecule has 1 unspecified atom stereocenters. The van der Waals surface area contributed by atoms with E-state index in [1.807, 2.05) is 0 Å². The van der Waals surface area contributed by atoms with E-state index in [-0.39, 0.29) is 40.2 Å². The van der Waals surface area contributed by atoms with E-state index >= 15 is 4.39 Å². The Labute approximate surface area is 246 Å². The van der Waals surface area contributed by atoms with Crippen LogP contribution in [0.1, 0.15) is 25.7 Å². The molecule has 0 spiro atoms. The summed E-state index contributed by atoms with van der Waals surface area (Å²) in [7, 11) is 1.75. The van der Waals surface area contributed by atoms with Gasteiger partial charge in [-0.25, -0.2) is 17.7 Å². The van der Waals surface area contributed by atoms with Crippen LogP contribution in [-0.4, -0.2) is 82.2 Å². The van der Waals surface area contributed by atoms with Crippen molar-refractivity contribution in [1.82, 2.24) is 25.2 Å². The summed E-state index contributed by atoms with van der Waals surface area (Å²) in [5.74, 6) is -1.30. The van der Waals surface area contributed by atoms with Crippen LogP contribution in [0.5, 0.6) is 6.01 Å². The molecule has 11 heteroatoms. The van der Waals surface area contributed by atoms with Crippen LogP contribution in [0.15, 0.2) is 36.5 Å². The van der Waals surface area contributed by atoms with Crippen molar-refractivity contribution in [2.24, 2.45) is 5.92 Å². The Bertz CT molecular complexity index is 1720. The van der Waals surface area contributed by atoms with E-state index in [0.29, 0.717) is 40.7 Å². The molecule has 0 amide bonds. The summed E-state index contributed by atoms with van der Waals surface area (Å²) in [5.41, 5.74) is 0.295. The summed E-state index contributed by atoms with van der Waals surface area (Å²) in [6.07, 6.45) is 6.51. The van der Waals surface area contributed by atoms with Gasteiger partial charge in [-0.1, -0.05) is 35.9 Å². The Kier molecular flexibility index (Phi) is 7.03. The fourth-order valence-corrected chi connectivity index (χ4v) is 7.15. The van der Waals surface area contributed by atoms with Gasteiger partial charge in [0.1, 0.15) is 35.2 Å². The largest absolute Gasteiger partial charge is 0.443 e. The van der Waals surface area contributed by atoms with Gasteiger partial charge in [-0.05, 0) is 50.2 Å². The van der Waals surface area contributed by atoms with Crippen LogP contribution in [0.25, 0.3) is 32.9 Å². The van der Waals surface area contributed by atoms with E-state index in [0.717, 1.165) is 38.8 Å². The lowest BCUT2D eigenvalue weighted by molar-refractivity contribution is -0.405. The molecule has 0 radical (unpaired) electrons. The Hall–Kier alpha value is -3.34. The maximum absolute atomic E-state index is 16.5. The van der Waals surface area contributed by atoms with Gasteiger partial charge < -0.3 is 10.1 Å². The van der Waals surface area contributed by atoms with Crippen LogP contribution in [0.4, 0.5) is 19.0 Å². The van der Waals surface area contributed by atoms with Gasteiger partial charge in [-0.15, -0.1) is 0 Å². The molecular formula is C31H31ClF3N6O+. The number of hydrogen-bond acceptors (Lipinski definition) is 6. The van der Waals surface area contributed by atoms with Crippen LogP contribution >= 0.6 is 11.6 Å². The molecule has 42 heavy (non-hydrogen) atoms. The predicted octanol–water partition coefficient (Wildman–Crippen LogP) is 5.69. The van der Waals surface area contributed by atoms with E-state index in [1.165, 1.54) is 12.3 Å². The Morgan fingerprint density at radius 2 is 1.95 bits per heavy atom. The number of aromatic nitrogens is 3. The maximum atomic E-state index is 16.5. The highest BCUT2D eigenvalue weighted by molar-refractivity contribution is 6.36. The molecule has 3 fully saturated rings. The fourth-order valence-electron chi connectivity index (χ4n) is 6.88. The molecule has 7 nitrogen and oxygen atoms in total. The summed E-state index contributed by atoms with van der Waals surface area (Å²) < 4.78 is 53.4. The van der Waals surface area contributed by atoms with Gasteiger partial charge in [0.25, 0.3) is 0 Å². The van der Waals surface area contributed by atoms with Gasteiger partial charge in [-0.3, -0.25) is 9.88 Å². The second-order valence-electron chi connectivity index (χ2n) is 11.6. The van der Waals surface area contributed by atoms with Gasteiger partial charge in [0.2, 0.25) is 0 Å². The minimum absolute atomic E-state index is 0.0111. The number of benzene rings is 2. The van der Waals surface area contributed by atoms with Gasteiger partial charge >= 0.3 is 11.8 Å². The highest BCUT2D eigenvalue weighted by Gasteiger charge is 2.45. The first-order chi connectivity index (χ1) is 20.3. The lowest BCUT2D eigenvalue weighted by Crippen LogP contribution is -2.43. The van der Waals surface area contributed by atoms with Crippen LogP contribution in [0, 0.1) is 17.6 Å². The van der Waals surface area contributed by atoms with Crippen molar-refractivity contribution < 1.29 is 22.5 Å². The molecule has 3 saturated heterocycles. The van der Waals surface area contributed by atoms with Crippen molar-refractivity contribution in [2.75, 3.05) is 39.8 Å². The molecule has 1 N–H and O–H groups in total. The molecule has 0 bridgehead atoms. The number of nitrogens with zero attached hydrogens (tertiary/aromatic N) is 5. The second-order valence-corrected chi connectivity index (χ2v) is 12.0. The number of alkyl halides is 1.